The van der Waals surface area contributed by atoms with E-state index in [1.54, 1.807) is 11.0 Å². The average Bonchev–Trinajstić information content (AvgIpc) is 3.42. The molecule has 4 aliphatic rings. The van der Waals surface area contributed by atoms with Crippen LogP contribution in [-0.4, -0.2) is 78.2 Å². The molecule has 0 aromatic heterocycles. The number of hydrogen-bond donors (Lipinski definition) is 1. The summed E-state index contributed by atoms with van der Waals surface area (Å²) in [6, 6.07) is 6.73. The SMILES string of the molecule is Cc1cccc(C(=O)N2C(C(=O)NCC3CCCO3)COC23CCN(C(=O)C2CC2)CC3)c1. The minimum atomic E-state index is -0.868. The van der Waals surface area contributed by atoms with Crippen molar-refractivity contribution in [2.24, 2.45) is 5.92 Å². The number of ether oxygens (including phenoxy) is 2. The predicted molar refractivity (Wildman–Crippen MR) is 120 cm³/mol. The fraction of sp³-hybridized carbons (Fsp3) is 0.640. The van der Waals surface area contributed by atoms with Crippen LogP contribution in [0.5, 0.6) is 0 Å². The van der Waals surface area contributed by atoms with Gasteiger partial charge in [-0.2, -0.15) is 0 Å². The number of rotatable bonds is 5. The zero-order valence-electron chi connectivity index (χ0n) is 19.3. The summed E-state index contributed by atoms with van der Waals surface area (Å²) in [5, 5.41) is 2.98. The molecule has 1 aromatic carbocycles. The van der Waals surface area contributed by atoms with Crippen molar-refractivity contribution in [1.29, 1.82) is 0 Å². The van der Waals surface area contributed by atoms with Gasteiger partial charge in [-0.15, -0.1) is 0 Å². The lowest BCUT2D eigenvalue weighted by Crippen LogP contribution is -2.60. The second-order valence-corrected chi connectivity index (χ2v) is 9.80. The molecule has 0 bridgehead atoms. The van der Waals surface area contributed by atoms with Crippen LogP contribution in [0.2, 0.25) is 0 Å². The van der Waals surface area contributed by atoms with Gasteiger partial charge in [0, 0.05) is 50.6 Å². The minimum absolute atomic E-state index is 0.0304. The number of nitrogens with zero attached hydrogens (tertiary/aromatic N) is 2. The third-order valence-corrected chi connectivity index (χ3v) is 7.36. The number of piperidine rings is 1. The van der Waals surface area contributed by atoms with Crippen LogP contribution in [0, 0.1) is 12.8 Å². The molecular formula is C25H33N3O5. The van der Waals surface area contributed by atoms with E-state index in [-0.39, 0.29) is 36.4 Å². The second kappa shape index (κ2) is 9.06. The number of aryl methyl sites for hydroxylation is 1. The summed E-state index contributed by atoms with van der Waals surface area (Å²) in [4.78, 5) is 43.1. The van der Waals surface area contributed by atoms with Crippen LogP contribution >= 0.6 is 0 Å². The fourth-order valence-electron chi connectivity index (χ4n) is 5.29. The third-order valence-electron chi connectivity index (χ3n) is 7.36. The van der Waals surface area contributed by atoms with E-state index in [1.807, 2.05) is 30.0 Å². The molecule has 4 fully saturated rings. The molecule has 178 valence electrons. The van der Waals surface area contributed by atoms with Crippen molar-refractivity contribution >= 4 is 17.7 Å². The van der Waals surface area contributed by atoms with E-state index in [4.69, 9.17) is 9.47 Å². The van der Waals surface area contributed by atoms with E-state index in [1.165, 1.54) is 0 Å². The first-order valence-electron chi connectivity index (χ1n) is 12.2. The van der Waals surface area contributed by atoms with Gasteiger partial charge >= 0.3 is 0 Å². The lowest BCUT2D eigenvalue weighted by atomic mass is 9.96. The number of nitrogens with one attached hydrogen (secondary N) is 1. The van der Waals surface area contributed by atoms with Gasteiger partial charge in [0.05, 0.1) is 12.7 Å². The Bertz CT molecular complexity index is 916. The van der Waals surface area contributed by atoms with Gasteiger partial charge in [0.2, 0.25) is 11.8 Å². The van der Waals surface area contributed by atoms with Gasteiger partial charge in [0.1, 0.15) is 11.8 Å². The van der Waals surface area contributed by atoms with E-state index in [2.05, 4.69) is 5.32 Å². The maximum atomic E-state index is 13.7. The highest BCUT2D eigenvalue weighted by atomic mass is 16.5. The van der Waals surface area contributed by atoms with Crippen molar-refractivity contribution in [1.82, 2.24) is 15.1 Å². The number of amides is 3. The molecule has 3 saturated heterocycles. The smallest absolute Gasteiger partial charge is 0.256 e. The van der Waals surface area contributed by atoms with Crippen LogP contribution in [-0.2, 0) is 19.1 Å². The number of benzene rings is 1. The van der Waals surface area contributed by atoms with Crippen molar-refractivity contribution in [2.45, 2.75) is 63.3 Å². The Morgan fingerprint density at radius 1 is 1.15 bits per heavy atom. The van der Waals surface area contributed by atoms with Gasteiger partial charge in [-0.05, 0) is 44.7 Å². The lowest BCUT2D eigenvalue weighted by Gasteiger charge is -2.44. The highest BCUT2D eigenvalue weighted by molar-refractivity contribution is 5.98. The Balaban J connectivity index is 1.35. The van der Waals surface area contributed by atoms with Crippen LogP contribution in [0.25, 0.3) is 0 Å². The molecule has 3 amide bonds. The van der Waals surface area contributed by atoms with E-state index < -0.39 is 11.8 Å². The van der Waals surface area contributed by atoms with Crippen molar-refractivity contribution < 1.29 is 23.9 Å². The van der Waals surface area contributed by atoms with Crippen LogP contribution < -0.4 is 5.32 Å². The Morgan fingerprint density at radius 2 is 1.94 bits per heavy atom. The van der Waals surface area contributed by atoms with Gasteiger partial charge in [0.25, 0.3) is 5.91 Å². The predicted octanol–water partition coefficient (Wildman–Crippen LogP) is 1.86. The molecule has 1 saturated carbocycles. The molecule has 1 N–H and O–H groups in total. The van der Waals surface area contributed by atoms with Gasteiger partial charge in [-0.1, -0.05) is 17.7 Å². The molecular weight excluding hydrogens is 422 g/mol. The van der Waals surface area contributed by atoms with Crippen molar-refractivity contribution in [3.8, 4) is 0 Å². The summed E-state index contributed by atoms with van der Waals surface area (Å²) < 4.78 is 11.9. The van der Waals surface area contributed by atoms with Gasteiger partial charge in [-0.25, -0.2) is 0 Å². The van der Waals surface area contributed by atoms with E-state index in [0.717, 1.165) is 37.9 Å². The topological polar surface area (TPSA) is 88.2 Å². The van der Waals surface area contributed by atoms with Crippen LogP contribution in [0.1, 0.15) is 54.4 Å². The van der Waals surface area contributed by atoms with Gasteiger partial charge < -0.3 is 19.7 Å². The number of hydrogen-bond acceptors (Lipinski definition) is 5. The molecule has 2 unspecified atom stereocenters. The molecule has 3 heterocycles. The zero-order chi connectivity index (χ0) is 23.0. The highest BCUT2D eigenvalue weighted by Crippen LogP contribution is 2.40. The van der Waals surface area contributed by atoms with E-state index in [9.17, 15) is 14.4 Å². The quantitative estimate of drug-likeness (QED) is 0.732. The van der Waals surface area contributed by atoms with Gasteiger partial charge in [-0.3, -0.25) is 19.3 Å². The molecule has 8 heteroatoms. The highest BCUT2D eigenvalue weighted by Gasteiger charge is 2.54. The maximum Gasteiger partial charge on any atom is 0.256 e. The Labute approximate surface area is 194 Å². The standard InChI is InChI=1S/C25H33N3O5/c1-17-4-2-5-19(14-17)24(31)28-21(22(29)26-15-20-6-3-13-32-20)16-33-25(28)9-11-27(12-10-25)23(30)18-7-8-18/h2,4-5,14,18,20-21H,3,6-13,15-16H2,1H3,(H,26,29). The number of carbonyl (C=O) groups is 3. The van der Waals surface area contributed by atoms with E-state index in [0.29, 0.717) is 38.0 Å². The average molecular weight is 456 g/mol. The normalized spacial score (nSPS) is 26.6. The maximum absolute atomic E-state index is 13.7. The zero-order valence-corrected chi connectivity index (χ0v) is 19.3. The molecule has 1 spiro atoms. The summed E-state index contributed by atoms with van der Waals surface area (Å²) in [6.07, 6.45) is 4.94. The number of carbonyl (C=O) groups excluding carboxylic acids is 3. The molecule has 8 nitrogen and oxygen atoms in total. The molecule has 5 rings (SSSR count). The molecule has 0 radical (unpaired) electrons. The molecule has 3 aliphatic heterocycles. The first kappa shape index (κ1) is 22.3. The van der Waals surface area contributed by atoms with Crippen LogP contribution in [0.4, 0.5) is 0 Å². The summed E-state index contributed by atoms with van der Waals surface area (Å²) in [5.74, 6) is -0.0227. The minimum Gasteiger partial charge on any atom is -0.376 e. The molecule has 33 heavy (non-hydrogen) atoms. The summed E-state index contributed by atoms with van der Waals surface area (Å²) in [6.45, 7) is 4.35. The summed E-state index contributed by atoms with van der Waals surface area (Å²) in [7, 11) is 0. The van der Waals surface area contributed by atoms with Crippen molar-refractivity contribution in [3.05, 3.63) is 35.4 Å². The van der Waals surface area contributed by atoms with Crippen LogP contribution in [0.3, 0.4) is 0 Å². The molecule has 1 aliphatic carbocycles. The fourth-order valence-corrected chi connectivity index (χ4v) is 5.29. The van der Waals surface area contributed by atoms with Crippen LogP contribution in [0.15, 0.2) is 24.3 Å². The van der Waals surface area contributed by atoms with Gasteiger partial charge in [0.15, 0.2) is 0 Å². The summed E-state index contributed by atoms with van der Waals surface area (Å²) in [5.41, 5.74) is 0.667. The lowest BCUT2D eigenvalue weighted by molar-refractivity contribution is -0.144. The first-order chi connectivity index (χ1) is 16.0. The first-order valence-corrected chi connectivity index (χ1v) is 12.2. The Hall–Kier alpha value is -2.45. The Kier molecular flexibility index (Phi) is 6.14. The number of likely N-dealkylation sites (tertiary alicyclic amines) is 1. The Morgan fingerprint density at radius 3 is 2.61 bits per heavy atom. The summed E-state index contributed by atoms with van der Waals surface area (Å²) >= 11 is 0. The molecule has 1 aromatic rings. The monoisotopic (exact) mass is 455 g/mol. The third kappa shape index (κ3) is 4.51. The van der Waals surface area contributed by atoms with Crippen molar-refractivity contribution in [3.63, 3.8) is 0 Å². The van der Waals surface area contributed by atoms with E-state index >= 15 is 0 Å². The second-order valence-electron chi connectivity index (χ2n) is 9.80. The van der Waals surface area contributed by atoms with Crippen molar-refractivity contribution in [2.75, 3.05) is 32.8 Å². The largest absolute Gasteiger partial charge is 0.376 e. The molecule has 2 atom stereocenters.